The third-order valence-electron chi connectivity index (χ3n) is 3.50. The van der Waals surface area contributed by atoms with Gasteiger partial charge in [-0.15, -0.1) is 10.2 Å². The van der Waals surface area contributed by atoms with Crippen molar-refractivity contribution < 1.29 is 9.47 Å². The fourth-order valence-corrected chi connectivity index (χ4v) is 2.35. The molecule has 0 unspecified atom stereocenters. The van der Waals surface area contributed by atoms with Crippen molar-refractivity contribution >= 4 is 0 Å². The summed E-state index contributed by atoms with van der Waals surface area (Å²) in [6.45, 7) is 3.03. The maximum atomic E-state index is 5.81. The summed E-state index contributed by atoms with van der Waals surface area (Å²) in [5.74, 6) is 2.70. The Morgan fingerprint density at radius 1 is 1.29 bits per heavy atom. The van der Waals surface area contributed by atoms with Gasteiger partial charge in [0.15, 0.2) is 11.5 Å². The van der Waals surface area contributed by atoms with Gasteiger partial charge in [-0.25, -0.2) is 0 Å². The molecule has 3 rings (SSSR count). The van der Waals surface area contributed by atoms with Crippen molar-refractivity contribution in [3.8, 4) is 11.5 Å². The Labute approximate surface area is 124 Å². The van der Waals surface area contributed by atoms with E-state index in [9.17, 15) is 0 Å². The largest absolute Gasteiger partial charge is 0.490 e. The lowest BCUT2D eigenvalue weighted by Crippen LogP contribution is -2.18. The molecule has 1 aromatic carbocycles. The zero-order valence-corrected chi connectivity index (χ0v) is 12.2. The lowest BCUT2D eigenvalue weighted by molar-refractivity contribution is 0.296. The van der Waals surface area contributed by atoms with Gasteiger partial charge in [0.05, 0.1) is 13.2 Å². The molecular formula is C15H20N4O2. The molecule has 6 heteroatoms. The van der Waals surface area contributed by atoms with E-state index in [0.717, 1.165) is 55.4 Å². The van der Waals surface area contributed by atoms with Crippen LogP contribution in [0.2, 0.25) is 0 Å². The first-order chi connectivity index (χ1) is 10.3. The molecule has 1 aliphatic rings. The summed E-state index contributed by atoms with van der Waals surface area (Å²) in [7, 11) is 1.96. The summed E-state index contributed by atoms with van der Waals surface area (Å²) < 4.78 is 13.4. The van der Waals surface area contributed by atoms with Gasteiger partial charge in [0.25, 0.3) is 0 Å². The third-order valence-corrected chi connectivity index (χ3v) is 3.50. The van der Waals surface area contributed by atoms with E-state index in [4.69, 9.17) is 9.47 Å². The molecule has 0 aliphatic carbocycles. The van der Waals surface area contributed by atoms with Gasteiger partial charge < -0.3 is 19.4 Å². The highest BCUT2D eigenvalue weighted by Crippen LogP contribution is 2.33. The van der Waals surface area contributed by atoms with E-state index in [1.54, 1.807) is 6.33 Å². The van der Waals surface area contributed by atoms with E-state index in [1.807, 2.05) is 23.7 Å². The number of ether oxygens (including phenoxy) is 2. The van der Waals surface area contributed by atoms with Gasteiger partial charge >= 0.3 is 0 Å². The number of nitrogens with zero attached hydrogens (tertiary/aromatic N) is 3. The van der Waals surface area contributed by atoms with Crippen LogP contribution >= 0.6 is 0 Å². The first-order valence-corrected chi connectivity index (χ1v) is 7.25. The molecule has 0 amide bonds. The Kier molecular flexibility index (Phi) is 4.35. The van der Waals surface area contributed by atoms with Crippen LogP contribution in [0, 0.1) is 0 Å². The first-order valence-electron chi connectivity index (χ1n) is 7.25. The lowest BCUT2D eigenvalue weighted by atomic mass is 10.2. The molecule has 0 fully saturated rings. The summed E-state index contributed by atoms with van der Waals surface area (Å²) in [5.41, 5.74) is 1.13. The van der Waals surface area contributed by atoms with Crippen LogP contribution in [0.4, 0.5) is 0 Å². The van der Waals surface area contributed by atoms with Crippen LogP contribution in [-0.2, 0) is 20.0 Å². The summed E-state index contributed by atoms with van der Waals surface area (Å²) in [4.78, 5) is 0. The van der Waals surface area contributed by atoms with Gasteiger partial charge in [0.2, 0.25) is 0 Å². The average Bonchev–Trinajstić information content (AvgIpc) is 2.76. The molecule has 1 aromatic heterocycles. The van der Waals surface area contributed by atoms with Gasteiger partial charge in [-0.3, -0.25) is 0 Å². The predicted octanol–water partition coefficient (Wildman–Crippen LogP) is 1.31. The van der Waals surface area contributed by atoms with Crippen LogP contribution in [0.3, 0.4) is 0 Å². The Bertz CT molecular complexity index is 597. The van der Waals surface area contributed by atoms with Crippen LogP contribution < -0.4 is 14.8 Å². The van der Waals surface area contributed by atoms with Gasteiger partial charge in [0, 0.05) is 38.5 Å². The molecule has 2 heterocycles. The molecule has 0 bridgehead atoms. The van der Waals surface area contributed by atoms with Crippen molar-refractivity contribution in [2.75, 3.05) is 19.8 Å². The van der Waals surface area contributed by atoms with Crippen LogP contribution in [0.15, 0.2) is 24.5 Å². The molecule has 0 atom stereocenters. The van der Waals surface area contributed by atoms with Crippen molar-refractivity contribution in [1.29, 1.82) is 0 Å². The van der Waals surface area contributed by atoms with Crippen molar-refractivity contribution in [2.45, 2.75) is 19.4 Å². The van der Waals surface area contributed by atoms with E-state index >= 15 is 0 Å². The Morgan fingerprint density at radius 3 is 3.05 bits per heavy atom. The van der Waals surface area contributed by atoms with Crippen LogP contribution in [0.1, 0.15) is 17.8 Å². The topological polar surface area (TPSA) is 61.2 Å². The zero-order valence-electron chi connectivity index (χ0n) is 12.2. The molecule has 6 nitrogen and oxygen atoms in total. The van der Waals surface area contributed by atoms with Crippen LogP contribution in [0.25, 0.3) is 0 Å². The molecule has 2 aromatic rings. The maximum Gasteiger partial charge on any atom is 0.165 e. The Balaban J connectivity index is 1.57. The fourth-order valence-electron chi connectivity index (χ4n) is 2.35. The van der Waals surface area contributed by atoms with E-state index in [2.05, 4.69) is 21.6 Å². The molecule has 0 saturated carbocycles. The number of aryl methyl sites for hydroxylation is 1. The molecule has 1 N–H and O–H groups in total. The zero-order chi connectivity index (χ0) is 14.5. The second-order valence-corrected chi connectivity index (χ2v) is 5.08. The average molecular weight is 288 g/mol. The van der Waals surface area contributed by atoms with Crippen LogP contribution in [0.5, 0.6) is 11.5 Å². The molecular weight excluding hydrogens is 268 g/mol. The van der Waals surface area contributed by atoms with E-state index in [1.165, 1.54) is 0 Å². The lowest BCUT2D eigenvalue weighted by Gasteiger charge is -2.13. The second kappa shape index (κ2) is 6.58. The highest BCUT2D eigenvalue weighted by atomic mass is 16.5. The maximum absolute atomic E-state index is 5.81. The van der Waals surface area contributed by atoms with Crippen LogP contribution in [-0.4, -0.2) is 34.5 Å². The van der Waals surface area contributed by atoms with Gasteiger partial charge in [0.1, 0.15) is 12.2 Å². The number of hydrogen-bond donors (Lipinski definition) is 1. The minimum atomic E-state index is 0.711. The number of para-hydroxylation sites is 1. The van der Waals surface area contributed by atoms with E-state index in [0.29, 0.717) is 6.61 Å². The highest BCUT2D eigenvalue weighted by molar-refractivity contribution is 5.47. The smallest absolute Gasteiger partial charge is 0.165 e. The number of benzene rings is 1. The number of fused-ring (bicyclic) bond motifs is 1. The molecule has 0 spiro atoms. The second-order valence-electron chi connectivity index (χ2n) is 5.08. The third kappa shape index (κ3) is 3.33. The number of aromatic nitrogens is 3. The molecule has 0 saturated heterocycles. The standard InChI is InChI=1S/C15H20N4O2/c1-19-11-17-18-14(19)6-7-16-10-12-4-2-5-13-15(12)21-9-3-8-20-13/h2,4-5,11,16H,3,6-10H2,1H3. The minimum absolute atomic E-state index is 0.711. The number of rotatable bonds is 5. The van der Waals surface area contributed by atoms with Crippen molar-refractivity contribution in [3.63, 3.8) is 0 Å². The fraction of sp³-hybridized carbons (Fsp3) is 0.467. The van der Waals surface area contributed by atoms with E-state index < -0.39 is 0 Å². The van der Waals surface area contributed by atoms with E-state index in [-0.39, 0.29) is 0 Å². The summed E-state index contributed by atoms with van der Waals surface area (Å²) in [5, 5.41) is 11.4. The SMILES string of the molecule is Cn1cnnc1CCNCc1cccc2c1OCCCO2. The van der Waals surface area contributed by atoms with Gasteiger partial charge in [-0.05, 0) is 6.07 Å². The quantitative estimate of drug-likeness (QED) is 0.841. The van der Waals surface area contributed by atoms with Gasteiger partial charge in [-0.1, -0.05) is 12.1 Å². The molecule has 0 radical (unpaired) electrons. The van der Waals surface area contributed by atoms with Gasteiger partial charge in [-0.2, -0.15) is 0 Å². The van der Waals surface area contributed by atoms with Crippen molar-refractivity contribution in [2.24, 2.45) is 7.05 Å². The monoisotopic (exact) mass is 288 g/mol. The Morgan fingerprint density at radius 2 is 2.19 bits per heavy atom. The summed E-state index contributed by atoms with van der Waals surface area (Å²) in [6, 6.07) is 6.04. The number of nitrogens with one attached hydrogen (secondary N) is 1. The number of hydrogen-bond acceptors (Lipinski definition) is 5. The summed E-state index contributed by atoms with van der Waals surface area (Å²) >= 11 is 0. The predicted molar refractivity (Wildman–Crippen MR) is 78.5 cm³/mol. The molecule has 112 valence electrons. The van der Waals surface area contributed by atoms with Crippen molar-refractivity contribution in [3.05, 3.63) is 35.9 Å². The Hall–Kier alpha value is -2.08. The minimum Gasteiger partial charge on any atom is -0.490 e. The molecule has 1 aliphatic heterocycles. The highest BCUT2D eigenvalue weighted by Gasteiger charge is 2.13. The van der Waals surface area contributed by atoms with Crippen molar-refractivity contribution in [1.82, 2.24) is 20.1 Å². The normalized spacial score (nSPS) is 14.0. The summed E-state index contributed by atoms with van der Waals surface area (Å²) in [6.07, 6.45) is 3.49. The molecule has 21 heavy (non-hydrogen) atoms. The first kappa shape index (κ1) is 13.9.